The summed E-state index contributed by atoms with van der Waals surface area (Å²) in [5.74, 6) is -0.166. The molecule has 25 heavy (non-hydrogen) atoms. The van der Waals surface area contributed by atoms with Crippen molar-refractivity contribution in [3.05, 3.63) is 47.5 Å². The van der Waals surface area contributed by atoms with Gasteiger partial charge in [0.1, 0.15) is 11.5 Å². The SMILES string of the molecule is CC(O)c1cn(C2CCN(C(=O)CCc3cccc(F)c3)CC2)nn1. The molecule has 134 valence electrons. The summed E-state index contributed by atoms with van der Waals surface area (Å²) in [7, 11) is 0. The molecule has 1 aliphatic rings. The topological polar surface area (TPSA) is 71.2 Å². The van der Waals surface area contributed by atoms with Crippen LogP contribution in [-0.2, 0) is 11.2 Å². The second-order valence-corrected chi connectivity index (χ2v) is 6.54. The molecule has 1 fully saturated rings. The van der Waals surface area contributed by atoms with Crippen molar-refractivity contribution in [2.24, 2.45) is 0 Å². The Balaban J connectivity index is 1.48. The Kier molecular flexibility index (Phi) is 5.43. The maximum atomic E-state index is 13.2. The molecular weight excluding hydrogens is 323 g/mol. The molecule has 0 radical (unpaired) electrons. The van der Waals surface area contributed by atoms with Gasteiger partial charge in [0.25, 0.3) is 0 Å². The van der Waals surface area contributed by atoms with Gasteiger partial charge in [-0.1, -0.05) is 17.3 Å². The largest absolute Gasteiger partial charge is 0.387 e. The van der Waals surface area contributed by atoms with E-state index < -0.39 is 6.10 Å². The van der Waals surface area contributed by atoms with E-state index in [0.717, 1.165) is 18.4 Å². The molecule has 1 saturated heterocycles. The zero-order chi connectivity index (χ0) is 17.8. The van der Waals surface area contributed by atoms with Crippen molar-refractivity contribution in [2.75, 3.05) is 13.1 Å². The molecule has 1 unspecified atom stereocenters. The normalized spacial score (nSPS) is 16.8. The first-order chi connectivity index (χ1) is 12.0. The standard InChI is InChI=1S/C18H23FN4O2/c1-13(24)17-12-23(21-20-17)16-7-9-22(10-8-16)18(25)6-5-14-3-2-4-15(19)11-14/h2-4,11-13,16,24H,5-10H2,1H3. The number of hydrogen-bond donors (Lipinski definition) is 1. The minimum atomic E-state index is -0.627. The molecule has 1 N–H and O–H groups in total. The van der Waals surface area contributed by atoms with Gasteiger partial charge in [-0.05, 0) is 43.9 Å². The lowest BCUT2D eigenvalue weighted by molar-refractivity contribution is -0.132. The highest BCUT2D eigenvalue weighted by Crippen LogP contribution is 2.23. The quantitative estimate of drug-likeness (QED) is 0.901. The molecule has 1 atom stereocenters. The van der Waals surface area contributed by atoms with Gasteiger partial charge in [0.2, 0.25) is 5.91 Å². The van der Waals surface area contributed by atoms with Crippen LogP contribution in [-0.4, -0.2) is 44.0 Å². The summed E-state index contributed by atoms with van der Waals surface area (Å²) in [6.07, 6.45) is 3.72. The number of piperidine rings is 1. The first kappa shape index (κ1) is 17.5. The highest BCUT2D eigenvalue weighted by Gasteiger charge is 2.24. The molecule has 0 spiro atoms. The Morgan fingerprint density at radius 1 is 1.40 bits per heavy atom. The summed E-state index contributed by atoms with van der Waals surface area (Å²) in [5.41, 5.74) is 1.41. The lowest BCUT2D eigenvalue weighted by Crippen LogP contribution is -2.39. The van der Waals surface area contributed by atoms with Crippen LogP contribution in [0.4, 0.5) is 4.39 Å². The molecule has 1 aromatic heterocycles. The van der Waals surface area contributed by atoms with E-state index in [2.05, 4.69) is 10.3 Å². The summed E-state index contributed by atoms with van der Waals surface area (Å²) < 4.78 is 15.0. The van der Waals surface area contributed by atoms with Crippen LogP contribution in [0.2, 0.25) is 0 Å². The zero-order valence-corrected chi connectivity index (χ0v) is 14.3. The smallest absolute Gasteiger partial charge is 0.222 e. The van der Waals surface area contributed by atoms with Crippen molar-refractivity contribution in [2.45, 2.75) is 44.8 Å². The van der Waals surface area contributed by atoms with Crippen LogP contribution in [0.3, 0.4) is 0 Å². The number of likely N-dealkylation sites (tertiary alicyclic amines) is 1. The molecule has 0 aliphatic carbocycles. The summed E-state index contributed by atoms with van der Waals surface area (Å²) in [6.45, 7) is 3.02. The maximum absolute atomic E-state index is 13.2. The molecule has 0 saturated carbocycles. The number of carbonyl (C=O) groups is 1. The summed E-state index contributed by atoms with van der Waals surface area (Å²) in [5, 5.41) is 17.6. The van der Waals surface area contributed by atoms with Gasteiger partial charge >= 0.3 is 0 Å². The average molecular weight is 346 g/mol. The molecule has 2 aromatic rings. The maximum Gasteiger partial charge on any atom is 0.222 e. The van der Waals surface area contributed by atoms with Gasteiger partial charge in [-0.15, -0.1) is 5.10 Å². The predicted molar refractivity (Wildman–Crippen MR) is 90.2 cm³/mol. The molecule has 0 bridgehead atoms. The Morgan fingerprint density at radius 3 is 2.80 bits per heavy atom. The van der Waals surface area contributed by atoms with Crippen molar-refractivity contribution in [1.82, 2.24) is 19.9 Å². The molecule has 3 rings (SSSR count). The van der Waals surface area contributed by atoms with Crippen molar-refractivity contribution in [3.63, 3.8) is 0 Å². The minimum absolute atomic E-state index is 0.103. The van der Waals surface area contributed by atoms with E-state index >= 15 is 0 Å². The summed E-state index contributed by atoms with van der Waals surface area (Å²) in [4.78, 5) is 14.2. The monoisotopic (exact) mass is 346 g/mol. The molecular formula is C18H23FN4O2. The number of amides is 1. The van der Waals surface area contributed by atoms with Crippen LogP contribution < -0.4 is 0 Å². The minimum Gasteiger partial charge on any atom is -0.387 e. The molecule has 1 amide bonds. The number of nitrogens with zero attached hydrogens (tertiary/aromatic N) is 4. The van der Waals surface area contributed by atoms with Gasteiger partial charge in [-0.3, -0.25) is 4.79 Å². The first-order valence-electron chi connectivity index (χ1n) is 8.65. The summed E-state index contributed by atoms with van der Waals surface area (Å²) in [6, 6.07) is 6.59. The van der Waals surface area contributed by atoms with Crippen LogP contribution >= 0.6 is 0 Å². The fourth-order valence-corrected chi connectivity index (χ4v) is 3.14. The number of benzene rings is 1. The third-order valence-corrected chi connectivity index (χ3v) is 4.66. The van der Waals surface area contributed by atoms with E-state index in [1.165, 1.54) is 12.1 Å². The second kappa shape index (κ2) is 7.74. The van der Waals surface area contributed by atoms with Crippen molar-refractivity contribution in [3.8, 4) is 0 Å². The fraction of sp³-hybridized carbons (Fsp3) is 0.500. The summed E-state index contributed by atoms with van der Waals surface area (Å²) >= 11 is 0. The number of aryl methyl sites for hydroxylation is 1. The van der Waals surface area contributed by atoms with Gasteiger partial charge in [0, 0.05) is 19.5 Å². The van der Waals surface area contributed by atoms with Gasteiger partial charge in [-0.25, -0.2) is 9.07 Å². The van der Waals surface area contributed by atoms with E-state index in [1.807, 2.05) is 11.0 Å². The average Bonchev–Trinajstić information content (AvgIpc) is 3.10. The second-order valence-electron chi connectivity index (χ2n) is 6.54. The van der Waals surface area contributed by atoms with E-state index in [0.29, 0.717) is 31.6 Å². The van der Waals surface area contributed by atoms with Crippen LogP contribution in [0, 0.1) is 5.82 Å². The van der Waals surface area contributed by atoms with Crippen LogP contribution in [0.1, 0.15) is 49.6 Å². The number of aromatic nitrogens is 3. The Bertz CT molecular complexity index is 723. The van der Waals surface area contributed by atoms with Crippen LogP contribution in [0.15, 0.2) is 30.5 Å². The number of aliphatic hydroxyl groups excluding tert-OH is 1. The van der Waals surface area contributed by atoms with Gasteiger partial charge < -0.3 is 10.0 Å². The Hall–Kier alpha value is -2.28. The van der Waals surface area contributed by atoms with E-state index in [-0.39, 0.29) is 17.8 Å². The van der Waals surface area contributed by atoms with Crippen molar-refractivity contribution >= 4 is 5.91 Å². The zero-order valence-electron chi connectivity index (χ0n) is 14.3. The first-order valence-corrected chi connectivity index (χ1v) is 8.65. The van der Waals surface area contributed by atoms with Gasteiger partial charge in [0.15, 0.2) is 0 Å². The van der Waals surface area contributed by atoms with E-state index in [9.17, 15) is 14.3 Å². The van der Waals surface area contributed by atoms with E-state index in [4.69, 9.17) is 0 Å². The Labute approximate surface area is 146 Å². The third kappa shape index (κ3) is 4.42. The third-order valence-electron chi connectivity index (χ3n) is 4.66. The highest BCUT2D eigenvalue weighted by atomic mass is 19.1. The highest BCUT2D eigenvalue weighted by molar-refractivity contribution is 5.76. The van der Waals surface area contributed by atoms with Crippen molar-refractivity contribution < 1.29 is 14.3 Å². The lowest BCUT2D eigenvalue weighted by atomic mass is 10.0. The van der Waals surface area contributed by atoms with Gasteiger partial charge in [-0.2, -0.15) is 0 Å². The van der Waals surface area contributed by atoms with Crippen LogP contribution in [0.5, 0.6) is 0 Å². The van der Waals surface area contributed by atoms with Crippen LogP contribution in [0.25, 0.3) is 0 Å². The number of rotatable bonds is 5. The van der Waals surface area contributed by atoms with Crippen molar-refractivity contribution in [1.29, 1.82) is 0 Å². The molecule has 1 aromatic carbocycles. The van der Waals surface area contributed by atoms with Gasteiger partial charge in [0.05, 0.1) is 18.3 Å². The molecule has 6 nitrogen and oxygen atoms in total. The Morgan fingerprint density at radius 2 is 2.16 bits per heavy atom. The molecule has 1 aliphatic heterocycles. The van der Waals surface area contributed by atoms with E-state index in [1.54, 1.807) is 23.9 Å². The number of carbonyl (C=O) groups excluding carboxylic acids is 1. The lowest BCUT2D eigenvalue weighted by Gasteiger charge is -2.32. The predicted octanol–water partition coefficient (Wildman–Crippen LogP) is 2.27. The molecule has 2 heterocycles. The molecule has 7 heteroatoms. The number of halogens is 1. The number of hydrogen-bond acceptors (Lipinski definition) is 4. The fourth-order valence-electron chi connectivity index (χ4n) is 3.14. The number of aliphatic hydroxyl groups is 1.